The van der Waals surface area contributed by atoms with Gasteiger partial charge in [-0.05, 0) is 72.8 Å². The number of hydrogen-bond donors (Lipinski definition) is 2. The average Bonchev–Trinajstić information content (AvgIpc) is 3.35. The van der Waals surface area contributed by atoms with Crippen molar-refractivity contribution in [2.45, 2.75) is 0 Å². The largest absolute Gasteiger partial charge is 0.447 e. The molecule has 0 saturated heterocycles. The van der Waals surface area contributed by atoms with E-state index in [9.17, 15) is 4.79 Å². The van der Waals surface area contributed by atoms with Gasteiger partial charge in [-0.1, -0.05) is 22.7 Å². The maximum Gasteiger partial charge on any atom is 0.213 e. The van der Waals surface area contributed by atoms with Crippen molar-refractivity contribution < 1.29 is 14.3 Å². The van der Waals surface area contributed by atoms with Crippen molar-refractivity contribution in [3.05, 3.63) is 82.6 Å². The fourth-order valence-electron chi connectivity index (χ4n) is 2.42. The van der Waals surface area contributed by atoms with Crippen molar-refractivity contribution in [1.29, 1.82) is 0 Å². The zero-order chi connectivity index (χ0) is 19.5. The summed E-state index contributed by atoms with van der Waals surface area (Å²) in [6.07, 6.45) is 0. The lowest BCUT2D eigenvalue weighted by Crippen LogP contribution is -1.93. The number of anilines is 2. The molecule has 0 spiro atoms. The molecule has 2 aromatic carbocycles. The molecule has 0 atom stereocenters. The van der Waals surface area contributed by atoms with E-state index in [2.05, 4.69) is 0 Å². The van der Waals surface area contributed by atoms with Crippen LogP contribution in [0.3, 0.4) is 0 Å². The predicted molar refractivity (Wildman–Crippen MR) is 114 cm³/mol. The Morgan fingerprint density at radius 1 is 0.607 bits per heavy atom. The van der Waals surface area contributed by atoms with Crippen molar-refractivity contribution >= 4 is 39.8 Å². The van der Waals surface area contributed by atoms with Gasteiger partial charge in [0.2, 0.25) is 5.78 Å². The standard InChI is InChI=1S/C21H16N2O3S2/c22-13-1-5-15(6-2-13)25-19-11-9-17(27-19)21(24)18-10-12-20(28-18)26-16-7-3-14(23)4-8-16/h1-12H,22-23H2. The highest BCUT2D eigenvalue weighted by Crippen LogP contribution is 2.35. The second-order valence-corrected chi connectivity index (χ2v) is 8.00. The minimum atomic E-state index is -0.0608. The molecule has 0 saturated carbocycles. The summed E-state index contributed by atoms with van der Waals surface area (Å²) in [5.41, 5.74) is 12.7. The van der Waals surface area contributed by atoms with E-state index in [1.165, 1.54) is 22.7 Å². The third-order valence-electron chi connectivity index (χ3n) is 3.81. The third-order valence-corrected chi connectivity index (χ3v) is 5.73. The molecule has 4 rings (SSSR count). The summed E-state index contributed by atoms with van der Waals surface area (Å²) in [6, 6.07) is 21.3. The van der Waals surface area contributed by atoms with E-state index in [0.29, 0.717) is 42.8 Å². The van der Waals surface area contributed by atoms with Gasteiger partial charge in [-0.2, -0.15) is 0 Å². The smallest absolute Gasteiger partial charge is 0.213 e. The number of ether oxygens (including phenoxy) is 2. The highest BCUT2D eigenvalue weighted by molar-refractivity contribution is 7.19. The molecule has 0 unspecified atom stereocenters. The normalized spacial score (nSPS) is 10.6. The molecule has 0 amide bonds. The lowest BCUT2D eigenvalue weighted by molar-refractivity contribution is 0.104. The Kier molecular flexibility index (Phi) is 5.01. The number of ketones is 1. The van der Waals surface area contributed by atoms with Gasteiger partial charge < -0.3 is 20.9 Å². The Labute approximate surface area is 169 Å². The molecule has 4 aromatic rings. The molecule has 2 aromatic heterocycles. The summed E-state index contributed by atoms with van der Waals surface area (Å²) in [5.74, 6) is 1.28. The second-order valence-electron chi connectivity index (χ2n) is 5.91. The molecule has 7 heteroatoms. The molecule has 0 aliphatic heterocycles. The highest BCUT2D eigenvalue weighted by atomic mass is 32.1. The SMILES string of the molecule is Nc1ccc(Oc2ccc(C(=O)c3ccc(Oc4ccc(N)cc4)s3)s2)cc1. The minimum Gasteiger partial charge on any atom is -0.447 e. The molecular formula is C21H16N2O3S2. The van der Waals surface area contributed by atoms with Crippen LogP contribution in [0.4, 0.5) is 11.4 Å². The van der Waals surface area contributed by atoms with Crippen molar-refractivity contribution in [2.75, 3.05) is 11.5 Å². The van der Waals surface area contributed by atoms with Crippen LogP contribution in [-0.2, 0) is 0 Å². The molecule has 0 aliphatic rings. The lowest BCUT2D eigenvalue weighted by Gasteiger charge is -2.02. The molecule has 5 nitrogen and oxygen atoms in total. The van der Waals surface area contributed by atoms with Gasteiger partial charge >= 0.3 is 0 Å². The van der Waals surface area contributed by atoms with Gasteiger partial charge in [0.25, 0.3) is 0 Å². The zero-order valence-corrected chi connectivity index (χ0v) is 16.3. The van der Waals surface area contributed by atoms with Gasteiger partial charge in [0.15, 0.2) is 10.1 Å². The number of nitrogen functional groups attached to an aromatic ring is 2. The molecule has 4 N–H and O–H groups in total. The van der Waals surface area contributed by atoms with Crippen molar-refractivity contribution in [1.82, 2.24) is 0 Å². The summed E-state index contributed by atoms with van der Waals surface area (Å²) in [5, 5.41) is 1.28. The first-order valence-corrected chi connectivity index (χ1v) is 10.0. The van der Waals surface area contributed by atoms with Gasteiger partial charge in [0, 0.05) is 11.4 Å². The van der Waals surface area contributed by atoms with Crippen molar-refractivity contribution in [2.24, 2.45) is 0 Å². The van der Waals surface area contributed by atoms with Crippen LogP contribution in [0.5, 0.6) is 21.6 Å². The van der Waals surface area contributed by atoms with Crippen LogP contribution in [0.25, 0.3) is 0 Å². The quantitative estimate of drug-likeness (QED) is 0.311. The van der Waals surface area contributed by atoms with Crippen LogP contribution in [0, 0.1) is 0 Å². The predicted octanol–water partition coefficient (Wildman–Crippen LogP) is 5.79. The van der Waals surface area contributed by atoms with Gasteiger partial charge in [0.05, 0.1) is 9.75 Å². The average molecular weight is 409 g/mol. The molecule has 0 aliphatic carbocycles. The molecule has 140 valence electrons. The van der Waals surface area contributed by atoms with Gasteiger partial charge in [0.1, 0.15) is 11.5 Å². The van der Waals surface area contributed by atoms with E-state index in [0.717, 1.165) is 0 Å². The Morgan fingerprint density at radius 3 is 1.39 bits per heavy atom. The lowest BCUT2D eigenvalue weighted by atomic mass is 10.3. The first-order chi connectivity index (χ1) is 13.6. The number of thiophene rings is 2. The van der Waals surface area contributed by atoms with E-state index in [4.69, 9.17) is 20.9 Å². The number of rotatable bonds is 6. The minimum absolute atomic E-state index is 0.0608. The number of hydrogen-bond acceptors (Lipinski definition) is 7. The third kappa shape index (κ3) is 4.16. The number of nitrogens with two attached hydrogens (primary N) is 2. The fraction of sp³-hybridized carbons (Fsp3) is 0. The Hall–Kier alpha value is -3.29. The highest BCUT2D eigenvalue weighted by Gasteiger charge is 2.16. The van der Waals surface area contributed by atoms with Crippen molar-refractivity contribution in [3.8, 4) is 21.6 Å². The summed E-state index contributed by atoms with van der Waals surface area (Å²) in [6.45, 7) is 0. The Morgan fingerprint density at radius 2 is 1.00 bits per heavy atom. The molecule has 28 heavy (non-hydrogen) atoms. The van der Waals surface area contributed by atoms with E-state index >= 15 is 0 Å². The number of carbonyl (C=O) groups is 1. The van der Waals surface area contributed by atoms with E-state index in [-0.39, 0.29) is 5.78 Å². The Balaban J connectivity index is 1.44. The monoisotopic (exact) mass is 408 g/mol. The first-order valence-electron chi connectivity index (χ1n) is 8.38. The van der Waals surface area contributed by atoms with Crippen LogP contribution >= 0.6 is 22.7 Å². The van der Waals surface area contributed by atoms with Crippen LogP contribution in [0.1, 0.15) is 14.5 Å². The fourth-order valence-corrected chi connectivity index (χ4v) is 4.14. The summed E-state index contributed by atoms with van der Waals surface area (Å²) < 4.78 is 11.5. The Bertz CT molecular complexity index is 1010. The molecule has 0 radical (unpaired) electrons. The van der Waals surface area contributed by atoms with Gasteiger partial charge in [-0.3, -0.25) is 4.79 Å². The van der Waals surface area contributed by atoms with Crippen molar-refractivity contribution in [3.63, 3.8) is 0 Å². The van der Waals surface area contributed by atoms with Crippen LogP contribution < -0.4 is 20.9 Å². The van der Waals surface area contributed by atoms with E-state index in [1.54, 1.807) is 72.8 Å². The topological polar surface area (TPSA) is 87.6 Å². The van der Waals surface area contributed by atoms with Gasteiger partial charge in [-0.15, -0.1) is 0 Å². The number of benzene rings is 2. The maximum absolute atomic E-state index is 12.7. The molecule has 0 bridgehead atoms. The molecular weight excluding hydrogens is 392 g/mol. The first kappa shape index (κ1) is 18.1. The van der Waals surface area contributed by atoms with Crippen LogP contribution in [0.2, 0.25) is 0 Å². The molecule has 2 heterocycles. The zero-order valence-electron chi connectivity index (χ0n) is 14.6. The van der Waals surface area contributed by atoms with Crippen LogP contribution in [0.15, 0.2) is 72.8 Å². The van der Waals surface area contributed by atoms with E-state index in [1.807, 2.05) is 0 Å². The van der Waals surface area contributed by atoms with E-state index < -0.39 is 0 Å². The maximum atomic E-state index is 12.7. The van der Waals surface area contributed by atoms with Crippen LogP contribution in [-0.4, -0.2) is 5.78 Å². The van der Waals surface area contributed by atoms with Gasteiger partial charge in [-0.25, -0.2) is 0 Å². The summed E-state index contributed by atoms with van der Waals surface area (Å²) >= 11 is 2.60. The second kappa shape index (κ2) is 7.75. The molecule has 0 fully saturated rings. The summed E-state index contributed by atoms with van der Waals surface area (Å²) in [4.78, 5) is 13.9. The summed E-state index contributed by atoms with van der Waals surface area (Å²) in [7, 11) is 0. The number of carbonyl (C=O) groups excluding carboxylic acids is 1.